The molecule has 2 aromatic carbocycles. The molecule has 0 bridgehead atoms. The molecule has 0 saturated carbocycles. The summed E-state index contributed by atoms with van der Waals surface area (Å²) in [5.41, 5.74) is 5.02. The van der Waals surface area contributed by atoms with Gasteiger partial charge in [0.15, 0.2) is 0 Å². The van der Waals surface area contributed by atoms with E-state index in [2.05, 4.69) is 21.4 Å². The maximum atomic E-state index is 9.19. The first-order valence-electron chi connectivity index (χ1n) is 7.96. The van der Waals surface area contributed by atoms with Crippen molar-refractivity contribution in [1.29, 1.82) is 5.26 Å². The number of hydrogen-bond donors (Lipinski definition) is 1. The van der Waals surface area contributed by atoms with Gasteiger partial charge in [-0.1, -0.05) is 29.7 Å². The highest BCUT2D eigenvalue weighted by Gasteiger charge is 2.09. The largest absolute Gasteiger partial charge is 0.365 e. The van der Waals surface area contributed by atoms with Gasteiger partial charge < -0.3 is 9.88 Å². The van der Waals surface area contributed by atoms with Crippen LogP contribution in [0.5, 0.6) is 0 Å². The highest BCUT2D eigenvalue weighted by Crippen LogP contribution is 2.20. The van der Waals surface area contributed by atoms with Crippen LogP contribution in [0, 0.1) is 18.3 Å². The Labute approximate surface area is 148 Å². The zero-order valence-electron chi connectivity index (χ0n) is 14.5. The predicted octanol–water partition coefficient (Wildman–Crippen LogP) is 1.69. The van der Waals surface area contributed by atoms with E-state index in [1.165, 1.54) is 0 Å². The highest BCUT2D eigenvalue weighted by molar-refractivity contribution is 6.33. The van der Waals surface area contributed by atoms with Crippen molar-refractivity contribution in [3.63, 3.8) is 0 Å². The minimum absolute atomic E-state index is 0.565. The van der Waals surface area contributed by atoms with E-state index in [1.54, 1.807) is 7.05 Å². The zero-order chi connectivity index (χ0) is 18.0. The molecule has 0 amide bonds. The SMILES string of the molecule is [B]c1ccc2c(c1)c(NCc1cccc(C#N)c1C)nc(=NC)n2C. The summed E-state index contributed by atoms with van der Waals surface area (Å²) in [6.45, 7) is 2.52. The third-order valence-electron chi connectivity index (χ3n) is 4.36. The molecule has 6 heteroatoms. The molecule has 1 heterocycles. The Morgan fingerprint density at radius 3 is 2.84 bits per heavy atom. The number of anilines is 1. The van der Waals surface area contributed by atoms with Crippen LogP contribution in [0.4, 0.5) is 5.82 Å². The Morgan fingerprint density at radius 2 is 2.12 bits per heavy atom. The molecule has 1 aromatic heterocycles. The summed E-state index contributed by atoms with van der Waals surface area (Å²) in [6.07, 6.45) is 0. The molecule has 0 spiro atoms. The fourth-order valence-electron chi connectivity index (χ4n) is 2.89. The van der Waals surface area contributed by atoms with Crippen LogP contribution >= 0.6 is 0 Å². The minimum Gasteiger partial charge on any atom is -0.365 e. The third kappa shape index (κ3) is 3.13. The van der Waals surface area contributed by atoms with E-state index < -0.39 is 0 Å². The molecule has 0 aliphatic heterocycles. The molecule has 0 saturated heterocycles. The lowest BCUT2D eigenvalue weighted by Gasteiger charge is -2.14. The van der Waals surface area contributed by atoms with E-state index in [4.69, 9.17) is 7.85 Å². The second-order valence-corrected chi connectivity index (χ2v) is 5.87. The van der Waals surface area contributed by atoms with Crippen LogP contribution in [-0.2, 0) is 13.6 Å². The monoisotopic (exact) mass is 327 g/mol. The number of aromatic nitrogens is 2. The molecular formula is C19H18BN5. The van der Waals surface area contributed by atoms with Gasteiger partial charge in [-0.25, -0.2) is 0 Å². The minimum atomic E-state index is 0.565. The quantitative estimate of drug-likeness (QED) is 0.745. The highest BCUT2D eigenvalue weighted by atomic mass is 15.1. The summed E-state index contributed by atoms with van der Waals surface area (Å²) in [6, 6.07) is 13.7. The van der Waals surface area contributed by atoms with E-state index >= 15 is 0 Å². The molecule has 3 aromatic rings. The van der Waals surface area contributed by atoms with E-state index in [1.807, 2.05) is 54.9 Å². The van der Waals surface area contributed by atoms with Gasteiger partial charge in [0.1, 0.15) is 13.7 Å². The van der Waals surface area contributed by atoms with Crippen molar-refractivity contribution in [2.75, 3.05) is 12.4 Å². The van der Waals surface area contributed by atoms with Crippen molar-refractivity contribution in [3.8, 4) is 6.07 Å². The number of benzene rings is 2. The van der Waals surface area contributed by atoms with Gasteiger partial charge in [0.25, 0.3) is 0 Å². The lowest BCUT2D eigenvalue weighted by atomic mass is 9.95. The van der Waals surface area contributed by atoms with Crippen LogP contribution in [0.1, 0.15) is 16.7 Å². The Hall–Kier alpha value is -3.07. The standard InChI is InChI=1S/C19H18BN5/c1-12-13(10-21)5-4-6-14(12)11-23-18-16-9-15(20)7-8-17(16)25(3)19(22-2)24-18/h4-9H,11H2,1-3H3,(H,22,23,24). The van der Waals surface area contributed by atoms with Crippen molar-refractivity contribution in [2.45, 2.75) is 13.5 Å². The molecule has 0 fully saturated rings. The number of nitriles is 1. The lowest BCUT2D eigenvalue weighted by Crippen LogP contribution is -2.24. The van der Waals surface area contributed by atoms with Crippen LogP contribution in [0.2, 0.25) is 0 Å². The Bertz CT molecular complexity index is 1060. The summed E-state index contributed by atoms with van der Waals surface area (Å²) in [7, 11) is 9.61. The summed E-state index contributed by atoms with van der Waals surface area (Å²) in [5, 5.41) is 13.5. The van der Waals surface area contributed by atoms with E-state index in [0.717, 1.165) is 27.8 Å². The second kappa shape index (κ2) is 6.82. The molecule has 0 aliphatic rings. The second-order valence-electron chi connectivity index (χ2n) is 5.87. The molecule has 1 N–H and O–H groups in total. The molecule has 3 rings (SSSR count). The Morgan fingerprint density at radius 1 is 1.32 bits per heavy atom. The summed E-state index contributed by atoms with van der Waals surface area (Å²) in [5.74, 6) is 0.725. The Kier molecular flexibility index (Phi) is 4.58. The number of hydrogen-bond acceptors (Lipinski definition) is 4. The van der Waals surface area contributed by atoms with E-state index in [-0.39, 0.29) is 0 Å². The van der Waals surface area contributed by atoms with Crippen LogP contribution in [0.3, 0.4) is 0 Å². The fraction of sp³-hybridized carbons (Fsp3) is 0.211. The van der Waals surface area contributed by atoms with Crippen LogP contribution in [0.15, 0.2) is 41.4 Å². The van der Waals surface area contributed by atoms with Crippen molar-refractivity contribution in [1.82, 2.24) is 9.55 Å². The Balaban J connectivity index is 2.06. The summed E-state index contributed by atoms with van der Waals surface area (Å²) in [4.78, 5) is 8.85. The summed E-state index contributed by atoms with van der Waals surface area (Å²) >= 11 is 0. The first-order valence-corrected chi connectivity index (χ1v) is 7.96. The van der Waals surface area contributed by atoms with Crippen molar-refractivity contribution in [3.05, 3.63) is 58.7 Å². The molecule has 0 atom stereocenters. The topological polar surface area (TPSA) is 66.0 Å². The number of aryl methyl sites for hydroxylation is 1. The molecule has 25 heavy (non-hydrogen) atoms. The van der Waals surface area contributed by atoms with E-state index in [0.29, 0.717) is 23.2 Å². The van der Waals surface area contributed by atoms with Gasteiger partial charge in [0.2, 0.25) is 5.62 Å². The van der Waals surface area contributed by atoms with Gasteiger partial charge in [-0.2, -0.15) is 10.2 Å². The maximum Gasteiger partial charge on any atom is 0.226 e. The van der Waals surface area contributed by atoms with Gasteiger partial charge in [-0.15, -0.1) is 0 Å². The normalized spacial score (nSPS) is 11.5. The third-order valence-corrected chi connectivity index (χ3v) is 4.36. The number of rotatable bonds is 3. The van der Waals surface area contributed by atoms with Crippen molar-refractivity contribution in [2.24, 2.45) is 12.0 Å². The van der Waals surface area contributed by atoms with Crippen molar-refractivity contribution < 1.29 is 0 Å². The van der Waals surface area contributed by atoms with Gasteiger partial charge >= 0.3 is 0 Å². The average molecular weight is 327 g/mol. The first-order chi connectivity index (χ1) is 12.0. The molecular weight excluding hydrogens is 309 g/mol. The van der Waals surface area contributed by atoms with Gasteiger partial charge in [-0.3, -0.25) is 4.99 Å². The zero-order valence-corrected chi connectivity index (χ0v) is 14.5. The molecule has 2 radical (unpaired) electrons. The number of nitrogens with zero attached hydrogens (tertiary/aromatic N) is 4. The first kappa shape index (κ1) is 16.8. The summed E-state index contributed by atoms with van der Waals surface area (Å²) < 4.78 is 1.93. The number of fused-ring (bicyclic) bond motifs is 1. The van der Waals surface area contributed by atoms with E-state index in [9.17, 15) is 5.26 Å². The molecule has 122 valence electrons. The van der Waals surface area contributed by atoms with Crippen LogP contribution in [0.25, 0.3) is 10.9 Å². The van der Waals surface area contributed by atoms with Crippen LogP contribution in [-0.4, -0.2) is 24.4 Å². The molecule has 5 nitrogen and oxygen atoms in total. The van der Waals surface area contributed by atoms with Crippen molar-refractivity contribution >= 4 is 30.0 Å². The lowest BCUT2D eigenvalue weighted by molar-refractivity contribution is 0.811. The molecule has 0 aliphatic carbocycles. The van der Waals surface area contributed by atoms with Gasteiger partial charge in [0, 0.05) is 26.0 Å². The van der Waals surface area contributed by atoms with Gasteiger partial charge in [0.05, 0.1) is 17.1 Å². The average Bonchev–Trinajstić information content (AvgIpc) is 2.62. The fourth-order valence-corrected chi connectivity index (χ4v) is 2.89. The number of nitrogens with one attached hydrogen (secondary N) is 1. The maximum absolute atomic E-state index is 9.19. The predicted molar refractivity (Wildman–Crippen MR) is 101 cm³/mol. The molecule has 0 unspecified atom stereocenters. The smallest absolute Gasteiger partial charge is 0.226 e. The van der Waals surface area contributed by atoms with Crippen LogP contribution < -0.4 is 16.4 Å². The van der Waals surface area contributed by atoms with Gasteiger partial charge in [-0.05, 0) is 30.2 Å².